The third-order valence-corrected chi connectivity index (χ3v) is 6.43. The average Bonchev–Trinajstić information content (AvgIpc) is 3.00. The Hall–Kier alpha value is -3.45. The predicted molar refractivity (Wildman–Crippen MR) is 183 cm³/mol. The van der Waals surface area contributed by atoms with Crippen LogP contribution in [0.25, 0.3) is 0 Å². The van der Waals surface area contributed by atoms with E-state index in [0.29, 0.717) is 45.1 Å². The van der Waals surface area contributed by atoms with Gasteiger partial charge in [-0.2, -0.15) is 0 Å². The van der Waals surface area contributed by atoms with Gasteiger partial charge in [0.25, 0.3) is 0 Å². The quantitative estimate of drug-likeness (QED) is 0.0490. The summed E-state index contributed by atoms with van der Waals surface area (Å²) < 4.78 is 5.70. The minimum atomic E-state index is -1.03. The number of hydrogen-bond donors (Lipinski definition) is 3. The van der Waals surface area contributed by atoms with Gasteiger partial charge in [-0.05, 0) is 95.7 Å². The van der Waals surface area contributed by atoms with Gasteiger partial charge in [0.2, 0.25) is 5.91 Å². The third kappa shape index (κ3) is 27.4. The van der Waals surface area contributed by atoms with Crippen molar-refractivity contribution in [1.29, 1.82) is 0 Å². The van der Waals surface area contributed by atoms with Crippen LogP contribution in [0.1, 0.15) is 110 Å². The Balaban J connectivity index is 4.47. The Morgan fingerprint density at radius 3 is 1.84 bits per heavy atom. The van der Waals surface area contributed by atoms with E-state index in [4.69, 9.17) is 10.5 Å². The topological polar surface area (TPSA) is 119 Å². The number of ether oxygens (including phenoxy) is 1. The van der Waals surface area contributed by atoms with Crippen molar-refractivity contribution in [2.24, 2.45) is 5.73 Å². The number of allylic oxidation sites excluding steroid dienone is 12. The van der Waals surface area contributed by atoms with Crippen LogP contribution in [0.2, 0.25) is 0 Å². The molecule has 0 fully saturated rings. The molecule has 0 bridgehead atoms. The van der Waals surface area contributed by atoms with Gasteiger partial charge in [0.05, 0.1) is 0 Å². The highest BCUT2D eigenvalue weighted by Gasteiger charge is 2.18. The fraction of sp³-hybridized carbons (Fsp3) is 0.541. The second-order valence-electron chi connectivity index (χ2n) is 10.5. The van der Waals surface area contributed by atoms with Crippen molar-refractivity contribution in [2.75, 3.05) is 6.54 Å². The highest BCUT2D eigenvalue weighted by atomic mass is 16.5. The summed E-state index contributed by atoms with van der Waals surface area (Å²) in [6, 6.07) is -0.881. The van der Waals surface area contributed by atoms with Gasteiger partial charge in [-0.3, -0.25) is 9.59 Å². The first-order chi connectivity index (χ1) is 21.4. The van der Waals surface area contributed by atoms with Crippen LogP contribution in [0, 0.1) is 0 Å². The van der Waals surface area contributed by atoms with Crippen molar-refractivity contribution in [2.45, 2.75) is 122 Å². The number of hydrogen-bond acceptors (Lipinski definition) is 5. The molecule has 2 atom stereocenters. The maximum Gasteiger partial charge on any atom is 0.326 e. The molecule has 0 saturated carbocycles. The Morgan fingerprint density at radius 1 is 0.682 bits per heavy atom. The Bertz CT molecular complexity index is 959. The molecule has 0 rings (SSSR count). The first kappa shape index (κ1) is 40.5. The molecular formula is C37H58N2O5. The van der Waals surface area contributed by atoms with E-state index >= 15 is 0 Å². The fourth-order valence-corrected chi connectivity index (χ4v) is 4.01. The molecule has 0 aliphatic heterocycles. The molecule has 0 aliphatic carbocycles. The minimum absolute atomic E-state index is 0.229. The number of nitrogens with two attached hydrogens (primary N) is 1. The molecule has 7 nitrogen and oxygen atoms in total. The molecule has 0 aromatic heterocycles. The van der Waals surface area contributed by atoms with Crippen LogP contribution < -0.4 is 11.1 Å². The van der Waals surface area contributed by atoms with E-state index in [1.807, 2.05) is 30.4 Å². The number of amides is 1. The lowest BCUT2D eigenvalue weighted by Crippen LogP contribution is -2.40. The summed E-state index contributed by atoms with van der Waals surface area (Å²) in [5.74, 6) is -1.50. The van der Waals surface area contributed by atoms with Crippen molar-refractivity contribution in [3.05, 3.63) is 85.1 Å². The summed E-state index contributed by atoms with van der Waals surface area (Å²) in [5.41, 5.74) is 5.44. The average molecular weight is 611 g/mol. The van der Waals surface area contributed by atoms with Gasteiger partial charge in [-0.25, -0.2) is 4.79 Å². The number of esters is 1. The van der Waals surface area contributed by atoms with Crippen LogP contribution >= 0.6 is 0 Å². The molecule has 246 valence electrons. The summed E-state index contributed by atoms with van der Waals surface area (Å²) in [4.78, 5) is 35.8. The largest absolute Gasteiger partial charge is 0.480 e. The second-order valence-corrected chi connectivity index (χ2v) is 10.5. The molecule has 44 heavy (non-hydrogen) atoms. The molecule has 7 heteroatoms. The monoisotopic (exact) mass is 610 g/mol. The molecule has 0 radical (unpaired) electrons. The van der Waals surface area contributed by atoms with Crippen LogP contribution in [0.4, 0.5) is 0 Å². The van der Waals surface area contributed by atoms with E-state index in [9.17, 15) is 19.5 Å². The molecular weight excluding hydrogens is 552 g/mol. The Kier molecular flexibility index (Phi) is 28.6. The third-order valence-electron chi connectivity index (χ3n) is 6.43. The Labute approximate surface area is 266 Å². The Morgan fingerprint density at radius 2 is 1.25 bits per heavy atom. The van der Waals surface area contributed by atoms with Crippen molar-refractivity contribution < 1.29 is 24.2 Å². The zero-order chi connectivity index (χ0) is 32.5. The molecule has 0 aliphatic rings. The number of carbonyl (C=O) groups excluding carboxylic acids is 2. The normalized spacial score (nSPS) is 13.9. The van der Waals surface area contributed by atoms with Crippen molar-refractivity contribution in [3.63, 3.8) is 0 Å². The smallest absolute Gasteiger partial charge is 0.326 e. The zero-order valence-corrected chi connectivity index (χ0v) is 27.2. The molecule has 0 saturated heterocycles. The lowest BCUT2D eigenvalue weighted by atomic mass is 10.1. The standard InChI is InChI=1S/C37H58N2O5/c1-3-5-7-9-10-11-12-13-14-15-16-21-25-31-36(41)44-33(27-22-18-8-6-4-2)28-23-19-17-20-24-30-35(40)39-34(37(42)43)29-26-32-38/h5-8,10-11,13-14,16,21-23,27-28,33-34H,3-4,9,12,15,17-20,24-26,29-32,38H2,1-2H3,(H,39,40)(H,42,43)/b7-5-,8-6-,11-10-,14-13-,21-16-,27-22-,28-23-. The van der Waals surface area contributed by atoms with Crippen molar-refractivity contribution >= 4 is 17.8 Å². The van der Waals surface area contributed by atoms with Crippen LogP contribution in [0.15, 0.2) is 85.1 Å². The first-order valence-electron chi connectivity index (χ1n) is 16.4. The zero-order valence-electron chi connectivity index (χ0n) is 27.2. The van der Waals surface area contributed by atoms with Gasteiger partial charge < -0.3 is 20.9 Å². The molecule has 0 aromatic carbocycles. The molecule has 4 N–H and O–H groups in total. The van der Waals surface area contributed by atoms with E-state index in [1.54, 1.807) is 0 Å². The highest BCUT2D eigenvalue weighted by Crippen LogP contribution is 2.09. The minimum Gasteiger partial charge on any atom is -0.480 e. The maximum absolute atomic E-state index is 12.5. The summed E-state index contributed by atoms with van der Waals surface area (Å²) in [7, 11) is 0. The van der Waals surface area contributed by atoms with Gasteiger partial charge in [0.1, 0.15) is 12.1 Å². The summed E-state index contributed by atoms with van der Waals surface area (Å²) >= 11 is 0. The molecule has 1 amide bonds. The van der Waals surface area contributed by atoms with Gasteiger partial charge in [0.15, 0.2) is 0 Å². The summed E-state index contributed by atoms with van der Waals surface area (Å²) in [6.07, 6.45) is 39.7. The number of carbonyl (C=O) groups is 3. The SMILES string of the molecule is CC/C=C\C/C=C\C/C=C\C/C=C\CCC(=O)OC(/C=C\C/C=C\CC)/C=C\CCCCCC(=O)NC(CCCN)C(=O)O. The van der Waals surface area contributed by atoms with Crippen molar-refractivity contribution in [1.82, 2.24) is 5.32 Å². The van der Waals surface area contributed by atoms with Crippen molar-refractivity contribution in [3.8, 4) is 0 Å². The summed E-state index contributed by atoms with van der Waals surface area (Å²) in [6.45, 7) is 4.62. The molecule has 2 unspecified atom stereocenters. The second kappa shape index (κ2) is 31.0. The highest BCUT2D eigenvalue weighted by molar-refractivity contribution is 5.83. The van der Waals surface area contributed by atoms with Gasteiger partial charge in [0, 0.05) is 12.8 Å². The summed E-state index contributed by atoms with van der Waals surface area (Å²) in [5, 5.41) is 11.8. The predicted octanol–water partition coefficient (Wildman–Crippen LogP) is 8.21. The lowest BCUT2D eigenvalue weighted by Gasteiger charge is -2.13. The first-order valence-corrected chi connectivity index (χ1v) is 16.4. The van der Waals surface area contributed by atoms with E-state index < -0.39 is 18.1 Å². The van der Waals surface area contributed by atoms with Gasteiger partial charge in [-0.1, -0.05) is 93.2 Å². The number of carboxylic acids is 1. The van der Waals surface area contributed by atoms with E-state index in [0.717, 1.165) is 57.8 Å². The van der Waals surface area contributed by atoms with Gasteiger partial charge >= 0.3 is 11.9 Å². The van der Waals surface area contributed by atoms with E-state index in [2.05, 4.69) is 73.8 Å². The number of rotatable bonds is 27. The fourth-order valence-electron chi connectivity index (χ4n) is 4.01. The van der Waals surface area contributed by atoms with Crippen LogP contribution in [-0.4, -0.2) is 41.6 Å². The molecule has 0 heterocycles. The maximum atomic E-state index is 12.5. The number of nitrogens with one attached hydrogen (secondary N) is 1. The number of aliphatic carboxylic acids is 1. The van der Waals surface area contributed by atoms with E-state index in [1.165, 1.54) is 0 Å². The molecule has 0 aromatic rings. The van der Waals surface area contributed by atoms with Gasteiger partial charge in [-0.15, -0.1) is 0 Å². The number of carboxylic acid groups (broad SMARTS) is 1. The van der Waals surface area contributed by atoms with Crippen LogP contribution in [0.3, 0.4) is 0 Å². The number of unbranched alkanes of at least 4 members (excludes halogenated alkanes) is 3. The molecule has 0 spiro atoms. The van der Waals surface area contributed by atoms with Crippen LogP contribution in [-0.2, 0) is 19.1 Å². The van der Waals surface area contributed by atoms with Crippen LogP contribution in [0.5, 0.6) is 0 Å². The van der Waals surface area contributed by atoms with E-state index in [-0.39, 0.29) is 11.9 Å². The lowest BCUT2D eigenvalue weighted by molar-refractivity contribution is -0.145.